The molecule has 3 aliphatic rings. The van der Waals surface area contributed by atoms with Gasteiger partial charge in [-0.2, -0.15) is 9.97 Å². The molecule has 0 radical (unpaired) electrons. The van der Waals surface area contributed by atoms with Crippen molar-refractivity contribution >= 4 is 35.0 Å². The molecule has 0 bridgehead atoms. The molecular weight excluding hydrogens is 478 g/mol. The fraction of sp³-hybridized carbons (Fsp3) is 0.654. The SMILES string of the molecule is CC1COCCN1c1nc(N2CCCCC2)cc(N2CCN(c3ncc(CCO)cc3Cl)C[C@H]2C)n1. The van der Waals surface area contributed by atoms with E-state index in [9.17, 15) is 5.11 Å². The number of pyridine rings is 1. The van der Waals surface area contributed by atoms with Gasteiger partial charge in [0.1, 0.15) is 17.5 Å². The maximum Gasteiger partial charge on any atom is 0.229 e. The van der Waals surface area contributed by atoms with E-state index < -0.39 is 0 Å². The molecule has 0 spiro atoms. The Morgan fingerprint density at radius 2 is 1.75 bits per heavy atom. The summed E-state index contributed by atoms with van der Waals surface area (Å²) >= 11 is 6.59. The first-order valence-corrected chi connectivity index (χ1v) is 13.7. The number of piperazine rings is 1. The van der Waals surface area contributed by atoms with Crippen molar-refractivity contribution in [3.05, 3.63) is 28.9 Å². The maximum atomic E-state index is 9.21. The van der Waals surface area contributed by atoms with Gasteiger partial charge in [0.05, 0.1) is 24.3 Å². The number of aliphatic hydroxyl groups excluding tert-OH is 1. The van der Waals surface area contributed by atoms with Crippen LogP contribution in [0.4, 0.5) is 23.4 Å². The van der Waals surface area contributed by atoms with E-state index in [1.807, 2.05) is 12.3 Å². The highest BCUT2D eigenvalue weighted by Gasteiger charge is 2.30. The number of morpholine rings is 1. The molecule has 0 amide bonds. The van der Waals surface area contributed by atoms with E-state index >= 15 is 0 Å². The minimum absolute atomic E-state index is 0.0939. The predicted octanol–water partition coefficient (Wildman–Crippen LogP) is 2.99. The largest absolute Gasteiger partial charge is 0.396 e. The lowest BCUT2D eigenvalue weighted by Gasteiger charge is -2.42. The van der Waals surface area contributed by atoms with Crippen LogP contribution in [0.25, 0.3) is 0 Å². The van der Waals surface area contributed by atoms with E-state index in [1.54, 1.807) is 0 Å². The van der Waals surface area contributed by atoms with Crippen LogP contribution in [0.1, 0.15) is 38.7 Å². The normalized spacial score (nSPS) is 23.3. The highest BCUT2D eigenvalue weighted by molar-refractivity contribution is 6.33. The quantitative estimate of drug-likeness (QED) is 0.624. The molecule has 3 fully saturated rings. The molecular formula is C26H38ClN7O2. The van der Waals surface area contributed by atoms with Gasteiger partial charge in [-0.25, -0.2) is 4.98 Å². The van der Waals surface area contributed by atoms with Crippen molar-refractivity contribution in [2.45, 2.75) is 51.6 Å². The predicted molar refractivity (Wildman–Crippen MR) is 145 cm³/mol. The molecule has 1 N–H and O–H groups in total. The van der Waals surface area contributed by atoms with Gasteiger partial charge in [-0.1, -0.05) is 11.6 Å². The first-order chi connectivity index (χ1) is 17.5. The average Bonchev–Trinajstić information content (AvgIpc) is 2.89. The number of halogens is 1. The first kappa shape index (κ1) is 25.3. The lowest BCUT2D eigenvalue weighted by molar-refractivity contribution is 0.0981. The molecule has 36 heavy (non-hydrogen) atoms. The van der Waals surface area contributed by atoms with Crippen LogP contribution in [0.3, 0.4) is 0 Å². The standard InChI is InChI=1S/C26H38ClN7O2/c1-19-17-32(25-22(27)14-21(6-12-35)16-28-25)9-10-33(19)24-15-23(31-7-4-3-5-8-31)29-26(30-24)34-11-13-36-18-20(34)2/h14-16,19-20,35H,3-13,17-18H2,1-2H3/t19-,20?/m1/s1. The molecule has 9 nitrogen and oxygen atoms in total. The highest BCUT2D eigenvalue weighted by atomic mass is 35.5. The highest BCUT2D eigenvalue weighted by Crippen LogP contribution is 2.31. The Labute approximate surface area is 219 Å². The third-order valence-corrected chi connectivity index (χ3v) is 7.77. The Hall–Kier alpha value is -2.36. The zero-order valence-corrected chi connectivity index (χ0v) is 22.2. The molecule has 0 aliphatic carbocycles. The molecule has 5 rings (SSSR count). The third kappa shape index (κ3) is 5.48. The summed E-state index contributed by atoms with van der Waals surface area (Å²) in [7, 11) is 0. The van der Waals surface area contributed by atoms with Gasteiger partial charge >= 0.3 is 0 Å². The molecule has 0 saturated carbocycles. The Morgan fingerprint density at radius 3 is 2.47 bits per heavy atom. The van der Waals surface area contributed by atoms with Crippen molar-refractivity contribution in [2.24, 2.45) is 0 Å². The summed E-state index contributed by atoms with van der Waals surface area (Å²) in [4.78, 5) is 24.1. The van der Waals surface area contributed by atoms with Gasteiger partial charge in [0.2, 0.25) is 5.95 Å². The minimum atomic E-state index is 0.0939. The van der Waals surface area contributed by atoms with Crippen LogP contribution in [0.2, 0.25) is 5.02 Å². The van der Waals surface area contributed by atoms with Crippen LogP contribution >= 0.6 is 11.6 Å². The molecule has 2 aromatic heterocycles. The van der Waals surface area contributed by atoms with Crippen molar-refractivity contribution in [1.82, 2.24) is 15.0 Å². The summed E-state index contributed by atoms with van der Waals surface area (Å²) < 4.78 is 5.68. The molecule has 10 heteroatoms. The summed E-state index contributed by atoms with van der Waals surface area (Å²) in [6.45, 7) is 11.3. The molecule has 5 heterocycles. The summed E-state index contributed by atoms with van der Waals surface area (Å²) in [5, 5.41) is 9.85. The van der Waals surface area contributed by atoms with E-state index in [-0.39, 0.29) is 18.7 Å². The Morgan fingerprint density at radius 1 is 0.944 bits per heavy atom. The van der Waals surface area contributed by atoms with E-state index in [1.165, 1.54) is 19.3 Å². The number of hydrogen-bond donors (Lipinski definition) is 1. The van der Waals surface area contributed by atoms with Crippen molar-refractivity contribution < 1.29 is 9.84 Å². The van der Waals surface area contributed by atoms with Crippen LogP contribution in [0.15, 0.2) is 18.3 Å². The molecule has 3 saturated heterocycles. The fourth-order valence-corrected chi connectivity index (χ4v) is 5.76. The van der Waals surface area contributed by atoms with Gasteiger partial charge in [-0.05, 0) is 51.2 Å². The summed E-state index contributed by atoms with van der Waals surface area (Å²) in [6, 6.07) is 4.58. The zero-order valence-electron chi connectivity index (χ0n) is 21.4. The number of aromatic nitrogens is 3. The summed E-state index contributed by atoms with van der Waals surface area (Å²) in [5.74, 6) is 3.64. The topological polar surface area (TPSA) is 81.1 Å². The summed E-state index contributed by atoms with van der Waals surface area (Å²) in [5.41, 5.74) is 0.953. The monoisotopic (exact) mass is 515 g/mol. The lowest BCUT2D eigenvalue weighted by Crippen LogP contribution is -2.53. The maximum absolute atomic E-state index is 9.21. The van der Waals surface area contributed by atoms with Crippen LogP contribution < -0.4 is 19.6 Å². The number of nitrogens with zero attached hydrogens (tertiary/aromatic N) is 7. The first-order valence-electron chi connectivity index (χ1n) is 13.3. The molecule has 3 aliphatic heterocycles. The van der Waals surface area contributed by atoms with E-state index in [4.69, 9.17) is 26.3 Å². The summed E-state index contributed by atoms with van der Waals surface area (Å²) in [6.07, 6.45) is 6.09. The number of ether oxygens (including phenoxy) is 1. The van der Waals surface area contributed by atoms with E-state index in [0.717, 1.165) is 68.2 Å². The van der Waals surface area contributed by atoms with E-state index in [0.29, 0.717) is 24.7 Å². The smallest absolute Gasteiger partial charge is 0.229 e. The second kappa shape index (κ2) is 11.4. The zero-order chi connectivity index (χ0) is 25.1. The van der Waals surface area contributed by atoms with Gasteiger partial charge in [0.15, 0.2) is 0 Å². The molecule has 0 aromatic carbocycles. The van der Waals surface area contributed by atoms with Gasteiger partial charge in [0, 0.05) is 64.2 Å². The third-order valence-electron chi connectivity index (χ3n) is 7.49. The van der Waals surface area contributed by atoms with Gasteiger partial charge < -0.3 is 29.4 Å². The van der Waals surface area contributed by atoms with Crippen LogP contribution in [0, 0.1) is 0 Å². The number of piperidine rings is 1. The van der Waals surface area contributed by atoms with E-state index in [2.05, 4.69) is 44.5 Å². The van der Waals surface area contributed by atoms with Crippen LogP contribution in [-0.2, 0) is 11.2 Å². The number of hydrogen-bond acceptors (Lipinski definition) is 9. The Kier molecular flexibility index (Phi) is 7.98. The number of aliphatic hydroxyl groups is 1. The fourth-order valence-electron chi connectivity index (χ4n) is 5.45. The van der Waals surface area contributed by atoms with Crippen molar-refractivity contribution in [2.75, 3.05) is 78.7 Å². The average molecular weight is 516 g/mol. The van der Waals surface area contributed by atoms with Gasteiger partial charge in [0.25, 0.3) is 0 Å². The molecule has 2 aromatic rings. The Bertz CT molecular complexity index is 1040. The molecule has 2 atom stereocenters. The van der Waals surface area contributed by atoms with Crippen molar-refractivity contribution in [3.8, 4) is 0 Å². The minimum Gasteiger partial charge on any atom is -0.396 e. The van der Waals surface area contributed by atoms with Gasteiger partial charge in [-0.3, -0.25) is 0 Å². The number of rotatable bonds is 6. The molecule has 1 unspecified atom stereocenters. The second-order valence-electron chi connectivity index (χ2n) is 10.2. The molecule has 196 valence electrons. The van der Waals surface area contributed by atoms with Crippen molar-refractivity contribution in [1.29, 1.82) is 0 Å². The van der Waals surface area contributed by atoms with Crippen LogP contribution in [-0.4, -0.2) is 91.2 Å². The van der Waals surface area contributed by atoms with Crippen molar-refractivity contribution in [3.63, 3.8) is 0 Å². The number of anilines is 4. The van der Waals surface area contributed by atoms with Crippen LogP contribution in [0.5, 0.6) is 0 Å². The second-order valence-corrected chi connectivity index (χ2v) is 10.6. The lowest BCUT2D eigenvalue weighted by atomic mass is 10.1. The Balaban J connectivity index is 1.39. The van der Waals surface area contributed by atoms with Gasteiger partial charge in [-0.15, -0.1) is 0 Å².